The molecule has 1 heterocycles. The van der Waals surface area contributed by atoms with Crippen molar-refractivity contribution in [2.75, 3.05) is 33.4 Å². The fourth-order valence-electron chi connectivity index (χ4n) is 0.983. The zero-order valence-corrected chi connectivity index (χ0v) is 8.18. The maximum absolute atomic E-state index is 11.0. The molecule has 1 fully saturated rings. The molecule has 0 unspecified atom stereocenters. The number of carbonyl (C=O) groups is 1. The van der Waals surface area contributed by atoms with Gasteiger partial charge in [0.2, 0.25) is 0 Å². The van der Waals surface area contributed by atoms with Crippen LogP contribution in [0.25, 0.3) is 0 Å². The van der Waals surface area contributed by atoms with Crippen LogP contribution in [0.4, 0.5) is 0 Å². The van der Waals surface area contributed by atoms with Crippen LogP contribution in [0, 0.1) is 0 Å². The van der Waals surface area contributed by atoms with Crippen molar-refractivity contribution in [1.29, 1.82) is 0 Å². The summed E-state index contributed by atoms with van der Waals surface area (Å²) in [4.78, 5) is 13.0. The van der Waals surface area contributed by atoms with E-state index in [1.165, 1.54) is 7.11 Å². The second-order valence-corrected chi connectivity index (χ2v) is 3.00. The van der Waals surface area contributed by atoms with E-state index in [-0.39, 0.29) is 5.97 Å². The van der Waals surface area contributed by atoms with Crippen molar-refractivity contribution in [2.24, 2.45) is 0 Å². The molecule has 68 valence electrons. The number of morpholine rings is 1. The molecule has 5 heteroatoms. The van der Waals surface area contributed by atoms with Crippen molar-refractivity contribution >= 4 is 10.5 Å². The van der Waals surface area contributed by atoms with Crippen molar-refractivity contribution in [3.63, 3.8) is 0 Å². The van der Waals surface area contributed by atoms with Crippen molar-refractivity contribution in [1.82, 2.24) is 4.90 Å². The molecule has 0 aromatic carbocycles. The minimum atomic E-state index is -0.308. The van der Waals surface area contributed by atoms with E-state index in [1.807, 2.05) is 4.90 Å². The van der Waals surface area contributed by atoms with E-state index in [0.717, 1.165) is 13.1 Å². The number of carbonyl (C=O) groups excluding carboxylic acids is 1. The van der Waals surface area contributed by atoms with Gasteiger partial charge in [-0.1, -0.05) is 0 Å². The fraction of sp³-hybridized carbons (Fsp3) is 0.714. The molecule has 0 aromatic rings. The van der Waals surface area contributed by atoms with Crippen LogP contribution in [-0.2, 0) is 30.1 Å². The van der Waals surface area contributed by atoms with Crippen LogP contribution in [-0.4, -0.2) is 48.8 Å². The molecule has 0 saturated carbocycles. The predicted molar refractivity (Wildman–Crippen MR) is 39.4 cm³/mol. The van der Waals surface area contributed by atoms with Crippen LogP contribution in [0.3, 0.4) is 0 Å². The molecule has 0 atom stereocenters. The Balaban J connectivity index is 2.45. The van der Waals surface area contributed by atoms with Gasteiger partial charge >= 0.3 is 78.9 Å². The summed E-state index contributed by atoms with van der Waals surface area (Å²) < 4.78 is 10.3. The van der Waals surface area contributed by atoms with E-state index in [0.29, 0.717) is 17.7 Å². The summed E-state index contributed by atoms with van der Waals surface area (Å²) in [6.45, 7) is 2.83. The van der Waals surface area contributed by atoms with Crippen LogP contribution in [0.5, 0.6) is 0 Å². The minimum absolute atomic E-state index is 0.308. The van der Waals surface area contributed by atoms with Gasteiger partial charge in [-0.05, 0) is 0 Å². The zero-order chi connectivity index (χ0) is 8.97. The third-order valence-corrected chi connectivity index (χ3v) is 2.32. The Morgan fingerprint density at radius 1 is 1.50 bits per heavy atom. The van der Waals surface area contributed by atoms with Crippen LogP contribution in [0.15, 0.2) is 0 Å². The first-order valence-corrected chi connectivity index (χ1v) is 4.34. The molecule has 0 aliphatic carbocycles. The normalized spacial score (nSPS) is 18.8. The summed E-state index contributed by atoms with van der Waals surface area (Å²) in [7, 11) is 1.38. The van der Waals surface area contributed by atoms with Gasteiger partial charge in [-0.2, -0.15) is 0 Å². The molecule has 0 aromatic heterocycles. The molecule has 1 aliphatic heterocycles. The Kier molecular flexibility index (Phi) is 3.89. The third kappa shape index (κ3) is 2.39. The number of ether oxygens (including phenoxy) is 2. The van der Waals surface area contributed by atoms with Gasteiger partial charge in [0, 0.05) is 0 Å². The summed E-state index contributed by atoms with van der Waals surface area (Å²) in [6.07, 6.45) is 0. The second-order valence-electron chi connectivity index (χ2n) is 2.40. The predicted octanol–water partition coefficient (Wildman–Crippen LogP) is -0.832. The zero-order valence-electron chi connectivity index (χ0n) is 6.91. The third-order valence-electron chi connectivity index (χ3n) is 1.66. The number of nitrogens with zero attached hydrogens (tertiary/aromatic N) is 1. The fourth-order valence-corrected chi connectivity index (χ4v) is 1.40. The molecule has 4 nitrogen and oxygen atoms in total. The van der Waals surface area contributed by atoms with Crippen LogP contribution >= 0.6 is 0 Å². The quantitative estimate of drug-likeness (QED) is 0.556. The summed E-state index contributed by atoms with van der Waals surface area (Å²) in [6, 6.07) is 0. The molecule has 0 amide bonds. The number of rotatable bonds is 2. The summed E-state index contributed by atoms with van der Waals surface area (Å²) in [5.41, 5.74) is 0. The van der Waals surface area contributed by atoms with Gasteiger partial charge in [0.1, 0.15) is 0 Å². The Morgan fingerprint density at radius 2 is 2.08 bits per heavy atom. The Hall–Kier alpha value is -0.208. The number of esters is 1. The monoisotopic (exact) mass is 209 g/mol. The van der Waals surface area contributed by atoms with Crippen molar-refractivity contribution in [3.05, 3.63) is 0 Å². The van der Waals surface area contributed by atoms with Crippen LogP contribution in [0.1, 0.15) is 0 Å². The average Bonchev–Trinajstić information content (AvgIpc) is 2.17. The summed E-state index contributed by atoms with van der Waals surface area (Å²) >= 11 is 2.71. The van der Waals surface area contributed by atoms with Crippen molar-refractivity contribution < 1.29 is 30.1 Å². The van der Waals surface area contributed by atoms with Gasteiger partial charge in [-0.25, -0.2) is 0 Å². The van der Waals surface area contributed by atoms with Gasteiger partial charge in [-0.3, -0.25) is 0 Å². The van der Waals surface area contributed by atoms with E-state index in [1.54, 1.807) is 0 Å². The first kappa shape index (κ1) is 9.88. The van der Waals surface area contributed by atoms with E-state index >= 15 is 0 Å². The van der Waals surface area contributed by atoms with Crippen LogP contribution in [0.2, 0.25) is 0 Å². The number of hydrogen-bond acceptors (Lipinski definition) is 4. The second kappa shape index (κ2) is 4.73. The molecular formula is C7H11CrNO3. The summed E-state index contributed by atoms with van der Waals surface area (Å²) in [5.74, 6) is -0.308. The van der Waals surface area contributed by atoms with Crippen molar-refractivity contribution in [2.45, 2.75) is 0 Å². The van der Waals surface area contributed by atoms with E-state index in [9.17, 15) is 4.79 Å². The maximum atomic E-state index is 11.0. The topological polar surface area (TPSA) is 38.8 Å². The van der Waals surface area contributed by atoms with E-state index in [2.05, 4.69) is 20.6 Å². The van der Waals surface area contributed by atoms with Crippen molar-refractivity contribution in [3.8, 4) is 0 Å². The molecule has 1 aliphatic rings. The van der Waals surface area contributed by atoms with E-state index < -0.39 is 0 Å². The molecule has 1 saturated heterocycles. The molecule has 0 spiro atoms. The van der Waals surface area contributed by atoms with E-state index in [4.69, 9.17) is 4.74 Å². The standard InChI is InChI=1S/C7H11NO3.Cr/c1-10-7(9)6-8-2-4-11-5-3-8;/h2-5H2,1H3;. The molecule has 0 bridgehead atoms. The molecule has 12 heavy (non-hydrogen) atoms. The Morgan fingerprint density at radius 3 is 2.58 bits per heavy atom. The number of methoxy groups -OCH3 is 1. The average molecular weight is 209 g/mol. The molecular weight excluding hydrogens is 198 g/mol. The molecule has 0 radical (unpaired) electrons. The van der Waals surface area contributed by atoms with Gasteiger partial charge in [0.15, 0.2) is 0 Å². The summed E-state index contributed by atoms with van der Waals surface area (Å²) in [5, 5.41) is 0. The first-order valence-electron chi connectivity index (χ1n) is 3.70. The van der Waals surface area contributed by atoms with Gasteiger partial charge in [0.25, 0.3) is 0 Å². The first-order chi connectivity index (χ1) is 5.75. The number of hydrogen-bond donors (Lipinski definition) is 0. The van der Waals surface area contributed by atoms with Gasteiger partial charge in [-0.15, -0.1) is 0 Å². The SMILES string of the molecule is COC(=O)[C](=[Cr])N1CCOCC1. The van der Waals surface area contributed by atoms with Gasteiger partial charge in [0.05, 0.1) is 0 Å². The molecule has 0 N–H and O–H groups in total. The van der Waals surface area contributed by atoms with Gasteiger partial charge < -0.3 is 0 Å². The Bertz CT molecular complexity index is 189. The Labute approximate surface area is 79.4 Å². The molecule has 1 rings (SSSR count). The van der Waals surface area contributed by atoms with Crippen LogP contribution < -0.4 is 0 Å².